The van der Waals surface area contributed by atoms with Gasteiger partial charge in [0.25, 0.3) is 0 Å². The molecule has 1 saturated heterocycles. The van der Waals surface area contributed by atoms with Crippen molar-refractivity contribution in [3.8, 4) is 0 Å². The van der Waals surface area contributed by atoms with Crippen molar-refractivity contribution in [3.63, 3.8) is 0 Å². The van der Waals surface area contributed by atoms with Crippen LogP contribution in [0.15, 0.2) is 17.1 Å². The average molecular weight is 272 g/mol. The quantitative estimate of drug-likeness (QED) is 0.656. The minimum absolute atomic E-state index is 0.335. The summed E-state index contributed by atoms with van der Waals surface area (Å²) in [5.74, 6) is 0. The van der Waals surface area contributed by atoms with Gasteiger partial charge in [0, 0.05) is 30.6 Å². The zero-order valence-corrected chi connectivity index (χ0v) is 12.4. The van der Waals surface area contributed by atoms with Gasteiger partial charge in [0.2, 0.25) is 0 Å². The second-order valence-electron chi connectivity index (χ2n) is 6.85. The van der Waals surface area contributed by atoms with E-state index in [-0.39, 0.29) is 0 Å². The Morgan fingerprint density at radius 1 is 1.25 bits per heavy atom. The van der Waals surface area contributed by atoms with Crippen molar-refractivity contribution in [1.82, 2.24) is 0 Å². The summed E-state index contributed by atoms with van der Waals surface area (Å²) in [6, 6.07) is 4.29. The molecule has 2 aliphatic rings. The van der Waals surface area contributed by atoms with E-state index in [0.717, 1.165) is 35.7 Å². The Kier molecular flexibility index (Phi) is 3.11. The largest absolute Gasteiger partial charge is 0.398 e. The number of nitrogens with zero attached hydrogens (tertiary/aromatic N) is 2. The van der Waals surface area contributed by atoms with Crippen LogP contribution in [0.3, 0.4) is 0 Å². The van der Waals surface area contributed by atoms with Crippen molar-refractivity contribution in [1.29, 1.82) is 0 Å². The molecule has 3 rings (SSSR count). The van der Waals surface area contributed by atoms with Gasteiger partial charge in [-0.1, -0.05) is 13.8 Å². The lowest BCUT2D eigenvalue weighted by Gasteiger charge is -2.25. The lowest BCUT2D eigenvalue weighted by Crippen LogP contribution is -2.25. The predicted octanol–water partition coefficient (Wildman–Crippen LogP) is 2.67. The summed E-state index contributed by atoms with van der Waals surface area (Å²) in [7, 11) is 0. The SMILES string of the molecule is CC1(C)CCN(c2c(N)ccc(N)c2C=NC2CC2)C1. The number of rotatable bonds is 3. The molecule has 0 amide bonds. The fraction of sp³-hybridized carbons (Fsp3) is 0.562. The maximum Gasteiger partial charge on any atom is 0.0710 e. The summed E-state index contributed by atoms with van der Waals surface area (Å²) < 4.78 is 0. The second-order valence-corrected chi connectivity index (χ2v) is 6.85. The molecule has 0 aromatic heterocycles. The van der Waals surface area contributed by atoms with Crippen LogP contribution >= 0.6 is 0 Å². The summed E-state index contributed by atoms with van der Waals surface area (Å²) in [5.41, 5.74) is 16.3. The van der Waals surface area contributed by atoms with Crippen LogP contribution in [0.4, 0.5) is 17.1 Å². The highest BCUT2D eigenvalue weighted by Gasteiger charge is 2.31. The van der Waals surface area contributed by atoms with Gasteiger partial charge in [-0.2, -0.15) is 0 Å². The maximum atomic E-state index is 6.22. The second kappa shape index (κ2) is 4.69. The molecule has 108 valence electrons. The van der Waals surface area contributed by atoms with Crippen LogP contribution in [-0.4, -0.2) is 25.3 Å². The summed E-state index contributed by atoms with van der Waals surface area (Å²) in [6.07, 6.45) is 5.51. The lowest BCUT2D eigenvalue weighted by atomic mass is 9.93. The number of aliphatic imine (C=N–C) groups is 1. The molecule has 2 fully saturated rings. The van der Waals surface area contributed by atoms with E-state index in [0.29, 0.717) is 11.5 Å². The van der Waals surface area contributed by atoms with Crippen molar-refractivity contribution >= 4 is 23.3 Å². The molecular formula is C16H24N4. The Morgan fingerprint density at radius 3 is 2.55 bits per heavy atom. The first-order valence-electron chi connectivity index (χ1n) is 7.42. The fourth-order valence-corrected chi connectivity index (χ4v) is 2.84. The number of hydrogen-bond donors (Lipinski definition) is 2. The van der Waals surface area contributed by atoms with Crippen molar-refractivity contribution in [2.45, 2.75) is 39.2 Å². The number of nitrogens with two attached hydrogens (primary N) is 2. The van der Waals surface area contributed by atoms with Crippen molar-refractivity contribution in [3.05, 3.63) is 17.7 Å². The molecule has 1 heterocycles. The van der Waals surface area contributed by atoms with Crippen LogP contribution in [0, 0.1) is 5.41 Å². The summed E-state index contributed by atoms with van der Waals surface area (Å²) in [4.78, 5) is 6.95. The van der Waals surface area contributed by atoms with Gasteiger partial charge in [-0.15, -0.1) is 0 Å². The van der Waals surface area contributed by atoms with Gasteiger partial charge >= 0.3 is 0 Å². The Morgan fingerprint density at radius 2 is 1.95 bits per heavy atom. The van der Waals surface area contributed by atoms with Gasteiger partial charge < -0.3 is 16.4 Å². The molecule has 4 nitrogen and oxygen atoms in total. The zero-order chi connectivity index (χ0) is 14.3. The van der Waals surface area contributed by atoms with E-state index < -0.39 is 0 Å². The maximum absolute atomic E-state index is 6.22. The molecule has 4 N–H and O–H groups in total. The first-order chi connectivity index (χ1) is 9.46. The normalized spacial score (nSPS) is 21.8. The number of anilines is 3. The van der Waals surface area contributed by atoms with E-state index in [1.807, 2.05) is 18.3 Å². The highest BCUT2D eigenvalue weighted by atomic mass is 15.2. The Balaban J connectivity index is 1.97. The molecule has 1 aromatic rings. The number of nitrogen functional groups attached to an aromatic ring is 2. The van der Waals surface area contributed by atoms with E-state index in [4.69, 9.17) is 11.5 Å². The predicted molar refractivity (Wildman–Crippen MR) is 86.5 cm³/mol. The topological polar surface area (TPSA) is 67.6 Å². The Hall–Kier alpha value is -1.71. The van der Waals surface area contributed by atoms with E-state index >= 15 is 0 Å². The molecule has 0 atom stereocenters. The van der Waals surface area contributed by atoms with E-state index in [1.165, 1.54) is 19.3 Å². The standard InChI is InChI=1S/C16H24N4/c1-16(2)7-8-20(10-16)15-12(9-19-11-3-4-11)13(17)5-6-14(15)18/h5-6,9,11H,3-4,7-8,10,17-18H2,1-2H3. The van der Waals surface area contributed by atoms with Crippen molar-refractivity contribution in [2.24, 2.45) is 10.4 Å². The lowest BCUT2D eigenvalue weighted by molar-refractivity contribution is 0.418. The van der Waals surface area contributed by atoms with E-state index in [2.05, 4.69) is 23.7 Å². The molecule has 0 unspecified atom stereocenters. The first-order valence-corrected chi connectivity index (χ1v) is 7.42. The molecule has 4 heteroatoms. The number of hydrogen-bond acceptors (Lipinski definition) is 4. The van der Waals surface area contributed by atoms with Gasteiger partial charge in [-0.05, 0) is 36.8 Å². The molecule has 1 aliphatic carbocycles. The third kappa shape index (κ3) is 2.60. The molecular weight excluding hydrogens is 248 g/mol. The van der Waals surface area contributed by atoms with Crippen LogP contribution in [0.25, 0.3) is 0 Å². The van der Waals surface area contributed by atoms with E-state index in [9.17, 15) is 0 Å². The summed E-state index contributed by atoms with van der Waals surface area (Å²) in [5, 5.41) is 0. The highest BCUT2D eigenvalue weighted by molar-refractivity contribution is 5.99. The van der Waals surface area contributed by atoms with Crippen LogP contribution < -0.4 is 16.4 Å². The molecule has 1 aliphatic heterocycles. The molecule has 0 radical (unpaired) electrons. The molecule has 1 saturated carbocycles. The van der Waals surface area contributed by atoms with Gasteiger partial charge in [0.1, 0.15) is 0 Å². The van der Waals surface area contributed by atoms with Crippen molar-refractivity contribution < 1.29 is 0 Å². The van der Waals surface area contributed by atoms with Crippen LogP contribution in [-0.2, 0) is 0 Å². The van der Waals surface area contributed by atoms with Gasteiger partial charge in [-0.25, -0.2) is 0 Å². The monoisotopic (exact) mass is 272 g/mol. The van der Waals surface area contributed by atoms with Crippen molar-refractivity contribution in [2.75, 3.05) is 29.5 Å². The third-order valence-electron chi connectivity index (χ3n) is 4.24. The van der Waals surface area contributed by atoms with Gasteiger partial charge in [-0.3, -0.25) is 4.99 Å². The fourth-order valence-electron chi connectivity index (χ4n) is 2.84. The molecule has 0 spiro atoms. The van der Waals surface area contributed by atoms with E-state index in [1.54, 1.807) is 0 Å². The molecule has 20 heavy (non-hydrogen) atoms. The minimum atomic E-state index is 0.335. The Labute approximate surface area is 120 Å². The van der Waals surface area contributed by atoms with Crippen LogP contribution in [0.5, 0.6) is 0 Å². The summed E-state index contributed by atoms with van der Waals surface area (Å²) >= 11 is 0. The zero-order valence-electron chi connectivity index (χ0n) is 12.4. The third-order valence-corrected chi connectivity index (χ3v) is 4.24. The van der Waals surface area contributed by atoms with Gasteiger partial charge in [0.15, 0.2) is 0 Å². The molecule has 1 aromatic carbocycles. The smallest absolute Gasteiger partial charge is 0.0710 e. The van der Waals surface area contributed by atoms with Crippen LogP contribution in [0.2, 0.25) is 0 Å². The highest BCUT2D eigenvalue weighted by Crippen LogP contribution is 2.38. The first kappa shape index (κ1) is 13.3. The summed E-state index contributed by atoms with van der Waals surface area (Å²) in [6.45, 7) is 6.65. The molecule has 0 bridgehead atoms. The Bertz CT molecular complexity index is 544. The number of benzene rings is 1. The van der Waals surface area contributed by atoms with Gasteiger partial charge in [0.05, 0.1) is 17.4 Å². The van der Waals surface area contributed by atoms with Crippen LogP contribution in [0.1, 0.15) is 38.7 Å². The minimum Gasteiger partial charge on any atom is -0.398 e. The average Bonchev–Trinajstić information content (AvgIpc) is 3.14.